The van der Waals surface area contributed by atoms with Gasteiger partial charge in [-0.05, 0) is 6.42 Å². The second-order valence-corrected chi connectivity index (χ2v) is 3.49. The first-order chi connectivity index (χ1) is 6.84. The lowest BCUT2D eigenvalue weighted by Gasteiger charge is -2.14. The molecular formula is C9H15NO5. The Balaban J connectivity index is 4.22. The van der Waals surface area contributed by atoms with Crippen molar-refractivity contribution in [2.24, 2.45) is 5.92 Å². The van der Waals surface area contributed by atoms with Crippen LogP contribution in [0.5, 0.6) is 0 Å². The third-order valence-electron chi connectivity index (χ3n) is 1.79. The SMILES string of the molecule is CC(C)C(=O)N[C@H](CCC(=O)O)C(=O)O. The highest BCUT2D eigenvalue weighted by Gasteiger charge is 2.21. The molecule has 0 aromatic heterocycles. The van der Waals surface area contributed by atoms with E-state index < -0.39 is 23.9 Å². The van der Waals surface area contributed by atoms with Crippen LogP contribution >= 0.6 is 0 Å². The molecule has 0 saturated heterocycles. The van der Waals surface area contributed by atoms with Crippen LogP contribution in [0.15, 0.2) is 0 Å². The number of carboxylic acid groups (broad SMARTS) is 2. The molecule has 0 radical (unpaired) electrons. The van der Waals surface area contributed by atoms with Gasteiger partial charge in [-0.3, -0.25) is 9.59 Å². The molecule has 0 aliphatic rings. The molecule has 0 aliphatic heterocycles. The summed E-state index contributed by atoms with van der Waals surface area (Å²) >= 11 is 0. The van der Waals surface area contributed by atoms with Gasteiger partial charge in [-0.2, -0.15) is 0 Å². The standard InChI is InChI=1S/C9H15NO5/c1-5(2)8(13)10-6(9(14)15)3-4-7(11)12/h5-6H,3-4H2,1-2H3,(H,10,13)(H,11,12)(H,14,15)/t6-/m1/s1. The van der Waals surface area contributed by atoms with E-state index in [9.17, 15) is 14.4 Å². The summed E-state index contributed by atoms with van der Waals surface area (Å²) in [6.07, 6.45) is -0.390. The largest absolute Gasteiger partial charge is 0.481 e. The van der Waals surface area contributed by atoms with Gasteiger partial charge in [0.05, 0.1) is 0 Å². The van der Waals surface area contributed by atoms with Crippen LogP contribution in [0.1, 0.15) is 26.7 Å². The second kappa shape index (κ2) is 6.00. The van der Waals surface area contributed by atoms with Crippen molar-refractivity contribution in [3.05, 3.63) is 0 Å². The van der Waals surface area contributed by atoms with Crippen LogP contribution < -0.4 is 5.32 Å². The lowest BCUT2D eigenvalue weighted by molar-refractivity contribution is -0.143. The van der Waals surface area contributed by atoms with Gasteiger partial charge in [-0.25, -0.2) is 4.79 Å². The molecule has 1 amide bonds. The Labute approximate surface area is 87.3 Å². The molecule has 0 aromatic carbocycles. The molecule has 0 heterocycles. The van der Waals surface area contributed by atoms with Crippen molar-refractivity contribution in [1.29, 1.82) is 0 Å². The summed E-state index contributed by atoms with van der Waals surface area (Å²) in [5.41, 5.74) is 0. The summed E-state index contributed by atoms with van der Waals surface area (Å²) in [5.74, 6) is -3.02. The average molecular weight is 217 g/mol. The Kier molecular flexibility index (Phi) is 5.36. The Bertz CT molecular complexity index is 261. The highest BCUT2D eigenvalue weighted by molar-refractivity contribution is 5.84. The van der Waals surface area contributed by atoms with Crippen molar-refractivity contribution >= 4 is 17.8 Å². The molecule has 0 fully saturated rings. The fraction of sp³-hybridized carbons (Fsp3) is 0.667. The highest BCUT2D eigenvalue weighted by atomic mass is 16.4. The Morgan fingerprint density at radius 3 is 2.07 bits per heavy atom. The maximum atomic E-state index is 11.2. The molecule has 0 aliphatic carbocycles. The van der Waals surface area contributed by atoms with Crippen LogP contribution in [0.3, 0.4) is 0 Å². The van der Waals surface area contributed by atoms with Crippen LogP contribution in [0.25, 0.3) is 0 Å². The van der Waals surface area contributed by atoms with Crippen molar-refractivity contribution in [1.82, 2.24) is 5.32 Å². The zero-order valence-corrected chi connectivity index (χ0v) is 8.69. The molecule has 15 heavy (non-hydrogen) atoms. The topological polar surface area (TPSA) is 104 Å². The fourth-order valence-electron chi connectivity index (χ4n) is 0.864. The number of hydrogen-bond acceptors (Lipinski definition) is 3. The first kappa shape index (κ1) is 13.4. The normalized spacial score (nSPS) is 12.2. The van der Waals surface area contributed by atoms with Crippen molar-refractivity contribution < 1.29 is 24.6 Å². The second-order valence-electron chi connectivity index (χ2n) is 3.49. The first-order valence-electron chi connectivity index (χ1n) is 4.59. The van der Waals surface area contributed by atoms with Gasteiger partial charge in [0.1, 0.15) is 6.04 Å². The Morgan fingerprint density at radius 1 is 1.20 bits per heavy atom. The third-order valence-corrected chi connectivity index (χ3v) is 1.79. The Morgan fingerprint density at radius 2 is 1.73 bits per heavy atom. The summed E-state index contributed by atoms with van der Waals surface area (Å²) in [6.45, 7) is 3.26. The van der Waals surface area contributed by atoms with E-state index in [1.807, 2.05) is 0 Å². The highest BCUT2D eigenvalue weighted by Crippen LogP contribution is 2.00. The number of nitrogens with one attached hydrogen (secondary N) is 1. The zero-order valence-electron chi connectivity index (χ0n) is 8.69. The molecular weight excluding hydrogens is 202 g/mol. The molecule has 0 rings (SSSR count). The molecule has 0 spiro atoms. The maximum absolute atomic E-state index is 11.2. The van der Waals surface area contributed by atoms with E-state index >= 15 is 0 Å². The van der Waals surface area contributed by atoms with Crippen LogP contribution in [0, 0.1) is 5.92 Å². The van der Waals surface area contributed by atoms with Crippen molar-refractivity contribution in [2.75, 3.05) is 0 Å². The zero-order chi connectivity index (χ0) is 12.0. The van der Waals surface area contributed by atoms with E-state index in [0.29, 0.717) is 0 Å². The minimum Gasteiger partial charge on any atom is -0.481 e. The van der Waals surface area contributed by atoms with E-state index in [1.54, 1.807) is 13.8 Å². The first-order valence-corrected chi connectivity index (χ1v) is 4.59. The number of aliphatic carboxylic acids is 2. The number of rotatable bonds is 6. The van der Waals surface area contributed by atoms with Gasteiger partial charge in [0.25, 0.3) is 0 Å². The minimum atomic E-state index is -1.22. The quantitative estimate of drug-likeness (QED) is 0.584. The van der Waals surface area contributed by atoms with Gasteiger partial charge in [0.2, 0.25) is 5.91 Å². The summed E-state index contributed by atoms with van der Waals surface area (Å²) in [7, 11) is 0. The van der Waals surface area contributed by atoms with E-state index in [4.69, 9.17) is 10.2 Å². The van der Waals surface area contributed by atoms with E-state index in [0.717, 1.165) is 0 Å². The van der Waals surface area contributed by atoms with Crippen LogP contribution in [0.4, 0.5) is 0 Å². The minimum absolute atomic E-state index is 0.108. The fourth-order valence-corrected chi connectivity index (χ4v) is 0.864. The summed E-state index contributed by atoms with van der Waals surface area (Å²) < 4.78 is 0. The van der Waals surface area contributed by atoms with Gasteiger partial charge < -0.3 is 15.5 Å². The summed E-state index contributed by atoms with van der Waals surface area (Å²) in [5, 5.41) is 19.4. The number of amides is 1. The van der Waals surface area contributed by atoms with Crippen molar-refractivity contribution in [2.45, 2.75) is 32.7 Å². The van der Waals surface area contributed by atoms with Gasteiger partial charge in [-0.15, -0.1) is 0 Å². The van der Waals surface area contributed by atoms with Gasteiger partial charge in [-0.1, -0.05) is 13.8 Å². The average Bonchev–Trinajstić information content (AvgIpc) is 2.10. The smallest absolute Gasteiger partial charge is 0.326 e. The predicted octanol–water partition coefficient (Wildman–Crippen LogP) is 0.0766. The number of carbonyl (C=O) groups excluding carboxylic acids is 1. The molecule has 6 nitrogen and oxygen atoms in total. The maximum Gasteiger partial charge on any atom is 0.326 e. The van der Waals surface area contributed by atoms with Gasteiger partial charge >= 0.3 is 11.9 Å². The van der Waals surface area contributed by atoms with E-state index in [-0.39, 0.29) is 18.8 Å². The van der Waals surface area contributed by atoms with Gasteiger partial charge in [0.15, 0.2) is 0 Å². The molecule has 86 valence electrons. The van der Waals surface area contributed by atoms with Crippen LogP contribution in [-0.2, 0) is 14.4 Å². The van der Waals surface area contributed by atoms with Crippen LogP contribution in [-0.4, -0.2) is 34.1 Å². The number of carboxylic acids is 2. The molecule has 0 unspecified atom stereocenters. The third kappa shape index (κ3) is 5.66. The number of hydrogen-bond donors (Lipinski definition) is 3. The van der Waals surface area contributed by atoms with Gasteiger partial charge in [0, 0.05) is 12.3 Å². The van der Waals surface area contributed by atoms with Crippen molar-refractivity contribution in [3.63, 3.8) is 0 Å². The predicted molar refractivity (Wildman–Crippen MR) is 51.3 cm³/mol. The van der Waals surface area contributed by atoms with Crippen molar-refractivity contribution in [3.8, 4) is 0 Å². The summed E-state index contributed by atoms with van der Waals surface area (Å²) in [6, 6.07) is -1.13. The van der Waals surface area contributed by atoms with E-state index in [1.165, 1.54) is 0 Å². The lowest BCUT2D eigenvalue weighted by Crippen LogP contribution is -2.42. The molecule has 6 heteroatoms. The molecule has 1 atom stereocenters. The molecule has 0 aromatic rings. The molecule has 3 N–H and O–H groups in total. The van der Waals surface area contributed by atoms with E-state index in [2.05, 4.69) is 5.32 Å². The molecule has 0 bridgehead atoms. The van der Waals surface area contributed by atoms with Crippen LogP contribution in [0.2, 0.25) is 0 Å². The number of carbonyl (C=O) groups is 3. The Hall–Kier alpha value is -1.59. The lowest BCUT2D eigenvalue weighted by atomic mass is 10.1. The summed E-state index contributed by atoms with van der Waals surface area (Å²) in [4.78, 5) is 32.1. The molecule has 0 saturated carbocycles. The monoisotopic (exact) mass is 217 g/mol.